The number of amides is 1. The summed E-state index contributed by atoms with van der Waals surface area (Å²) < 4.78 is 7.21. The zero-order chi connectivity index (χ0) is 18.3. The van der Waals surface area contributed by atoms with Crippen LogP contribution in [0.5, 0.6) is 5.88 Å². The maximum atomic E-state index is 11.9. The first-order valence-corrected chi connectivity index (χ1v) is 8.30. The van der Waals surface area contributed by atoms with Crippen LogP contribution in [0.2, 0.25) is 0 Å². The van der Waals surface area contributed by atoms with Crippen LogP contribution >= 0.6 is 0 Å². The Morgan fingerprint density at radius 2 is 2.00 bits per heavy atom. The Bertz CT molecular complexity index is 586. The van der Waals surface area contributed by atoms with Gasteiger partial charge in [0.15, 0.2) is 6.29 Å². The van der Waals surface area contributed by atoms with Gasteiger partial charge in [0, 0.05) is 12.6 Å². The second-order valence-corrected chi connectivity index (χ2v) is 7.36. The highest BCUT2D eigenvalue weighted by molar-refractivity contribution is 5.78. The number of carbonyl (C=O) groups excluding carboxylic acids is 2. The van der Waals surface area contributed by atoms with Crippen molar-refractivity contribution in [3.05, 3.63) is 17.8 Å². The van der Waals surface area contributed by atoms with Gasteiger partial charge in [0.05, 0.1) is 23.9 Å². The highest BCUT2D eigenvalue weighted by Gasteiger charge is 2.18. The van der Waals surface area contributed by atoms with Gasteiger partial charge in [-0.1, -0.05) is 27.7 Å². The van der Waals surface area contributed by atoms with Gasteiger partial charge in [0.2, 0.25) is 11.8 Å². The van der Waals surface area contributed by atoms with Crippen LogP contribution < -0.4 is 10.1 Å². The van der Waals surface area contributed by atoms with Crippen LogP contribution in [0, 0.1) is 11.8 Å². The van der Waals surface area contributed by atoms with Gasteiger partial charge in [0.1, 0.15) is 0 Å². The third-order valence-corrected chi connectivity index (χ3v) is 3.14. The third-order valence-electron chi connectivity index (χ3n) is 3.14. The van der Waals surface area contributed by atoms with Crippen molar-refractivity contribution >= 4 is 18.4 Å². The van der Waals surface area contributed by atoms with E-state index in [4.69, 9.17) is 4.74 Å². The molecule has 1 amide bonds. The number of hydrogen-bond acceptors (Lipinski definition) is 4. The highest BCUT2D eigenvalue weighted by atomic mass is 16.5. The molecule has 1 heterocycles. The molecule has 0 saturated heterocycles. The Morgan fingerprint density at radius 3 is 2.54 bits per heavy atom. The molecule has 6 heteroatoms. The van der Waals surface area contributed by atoms with Crippen LogP contribution in [0.3, 0.4) is 0 Å². The highest BCUT2D eigenvalue weighted by Crippen LogP contribution is 2.18. The minimum atomic E-state index is -0.533. The molecule has 134 valence electrons. The van der Waals surface area contributed by atoms with Crippen molar-refractivity contribution in [1.82, 2.24) is 15.1 Å². The molecule has 0 saturated carbocycles. The smallest absolute Gasteiger partial charge is 0.226 e. The number of aldehydes is 1. The Kier molecular flexibility index (Phi) is 7.19. The summed E-state index contributed by atoms with van der Waals surface area (Å²) in [5, 5.41) is 7.13. The van der Waals surface area contributed by atoms with Gasteiger partial charge in [-0.3, -0.25) is 9.59 Å². The second kappa shape index (κ2) is 8.66. The lowest BCUT2D eigenvalue weighted by molar-refractivity contribution is -0.122. The first kappa shape index (κ1) is 19.9. The molecule has 0 aliphatic heterocycles. The van der Waals surface area contributed by atoms with Crippen LogP contribution in [0.25, 0.3) is 6.20 Å². The second-order valence-electron chi connectivity index (χ2n) is 7.36. The van der Waals surface area contributed by atoms with Gasteiger partial charge in [0.25, 0.3) is 0 Å². The molecule has 0 unspecified atom stereocenters. The van der Waals surface area contributed by atoms with Crippen molar-refractivity contribution in [2.24, 2.45) is 11.8 Å². The lowest BCUT2D eigenvalue weighted by Crippen LogP contribution is -2.42. The van der Waals surface area contributed by atoms with E-state index in [1.54, 1.807) is 6.20 Å². The van der Waals surface area contributed by atoms with Gasteiger partial charge < -0.3 is 10.1 Å². The summed E-state index contributed by atoms with van der Waals surface area (Å²) in [7, 11) is 0. The van der Waals surface area contributed by atoms with Crippen LogP contribution in [0.1, 0.15) is 58.3 Å². The molecule has 6 nitrogen and oxygen atoms in total. The SMILES string of the molecule is CC(C)COc1c(C=O)cnn1/C=C/C(C)(C)NC(=O)CC(C)C. The fourth-order valence-electron chi connectivity index (χ4n) is 2.03. The predicted octanol–water partition coefficient (Wildman–Crippen LogP) is 3.14. The fourth-order valence-corrected chi connectivity index (χ4v) is 2.03. The number of ether oxygens (including phenoxy) is 1. The first-order valence-electron chi connectivity index (χ1n) is 8.30. The number of aromatic nitrogens is 2. The predicted molar refractivity (Wildman–Crippen MR) is 95.0 cm³/mol. The molecule has 0 aliphatic rings. The maximum Gasteiger partial charge on any atom is 0.226 e. The molecule has 0 spiro atoms. The van der Waals surface area contributed by atoms with Crippen molar-refractivity contribution < 1.29 is 14.3 Å². The van der Waals surface area contributed by atoms with Crippen LogP contribution in [0.4, 0.5) is 0 Å². The van der Waals surface area contributed by atoms with E-state index in [0.29, 0.717) is 36.3 Å². The molecular formula is C18H29N3O3. The Labute approximate surface area is 144 Å². The molecule has 0 radical (unpaired) electrons. The molecule has 1 rings (SSSR count). The standard InChI is InChI=1S/C18H29N3O3/c1-13(2)9-16(23)20-18(5,6)7-8-21-17(24-12-14(3)4)15(11-22)10-19-21/h7-8,10-11,13-14H,9,12H2,1-6H3,(H,20,23)/b8-7+. The monoisotopic (exact) mass is 335 g/mol. The third kappa shape index (κ3) is 6.56. The van der Waals surface area contributed by atoms with Gasteiger partial charge in [-0.05, 0) is 31.8 Å². The van der Waals surface area contributed by atoms with Gasteiger partial charge >= 0.3 is 0 Å². The van der Waals surface area contributed by atoms with Crippen molar-refractivity contribution in [3.63, 3.8) is 0 Å². The largest absolute Gasteiger partial charge is 0.477 e. The normalized spacial score (nSPS) is 12.2. The van der Waals surface area contributed by atoms with Crippen LogP contribution in [0.15, 0.2) is 12.3 Å². The van der Waals surface area contributed by atoms with E-state index >= 15 is 0 Å². The van der Waals surface area contributed by atoms with Gasteiger partial charge in [-0.2, -0.15) is 5.10 Å². The van der Waals surface area contributed by atoms with Crippen molar-refractivity contribution in [2.75, 3.05) is 6.61 Å². The first-order chi connectivity index (χ1) is 11.1. The molecule has 1 N–H and O–H groups in total. The number of rotatable bonds is 9. The summed E-state index contributed by atoms with van der Waals surface area (Å²) in [6, 6.07) is 0. The van der Waals surface area contributed by atoms with E-state index in [0.717, 1.165) is 6.29 Å². The fraction of sp³-hybridized carbons (Fsp3) is 0.611. The summed E-state index contributed by atoms with van der Waals surface area (Å²) in [6.07, 6.45) is 6.21. The molecule has 0 atom stereocenters. The number of carbonyl (C=O) groups is 2. The summed E-state index contributed by atoms with van der Waals surface area (Å²) in [5.41, 5.74) is -0.129. The Balaban J connectivity index is 2.86. The molecule has 1 aromatic heterocycles. The zero-order valence-corrected chi connectivity index (χ0v) is 15.5. The average molecular weight is 335 g/mol. The minimum absolute atomic E-state index is 0.00461. The van der Waals surface area contributed by atoms with E-state index in [1.165, 1.54) is 10.9 Å². The topological polar surface area (TPSA) is 73.2 Å². The summed E-state index contributed by atoms with van der Waals surface area (Å²) in [4.78, 5) is 23.1. The van der Waals surface area contributed by atoms with E-state index in [9.17, 15) is 9.59 Å². The summed E-state index contributed by atoms with van der Waals surface area (Å²) >= 11 is 0. The molecule has 1 aromatic rings. The molecule has 0 fully saturated rings. The molecular weight excluding hydrogens is 306 g/mol. The quantitative estimate of drug-likeness (QED) is 0.704. The van der Waals surface area contributed by atoms with E-state index in [-0.39, 0.29) is 5.91 Å². The maximum absolute atomic E-state index is 11.9. The Hall–Kier alpha value is -2.11. The average Bonchev–Trinajstić information content (AvgIpc) is 2.83. The van der Waals surface area contributed by atoms with Crippen molar-refractivity contribution in [2.45, 2.75) is 53.5 Å². The molecule has 24 heavy (non-hydrogen) atoms. The van der Waals surface area contributed by atoms with Crippen LogP contribution in [-0.2, 0) is 4.79 Å². The van der Waals surface area contributed by atoms with Crippen molar-refractivity contribution in [1.29, 1.82) is 0 Å². The van der Waals surface area contributed by atoms with Crippen molar-refractivity contribution in [3.8, 4) is 5.88 Å². The van der Waals surface area contributed by atoms with E-state index in [2.05, 4.69) is 10.4 Å². The molecule has 0 aromatic carbocycles. The van der Waals surface area contributed by atoms with E-state index in [1.807, 2.05) is 47.6 Å². The number of hydrogen-bond donors (Lipinski definition) is 1. The van der Waals surface area contributed by atoms with E-state index < -0.39 is 5.54 Å². The van der Waals surface area contributed by atoms with Gasteiger partial charge in [-0.15, -0.1) is 0 Å². The zero-order valence-electron chi connectivity index (χ0n) is 15.5. The molecule has 0 bridgehead atoms. The number of nitrogens with one attached hydrogen (secondary N) is 1. The molecule has 0 aliphatic carbocycles. The Morgan fingerprint density at radius 1 is 1.33 bits per heavy atom. The summed E-state index contributed by atoms with van der Waals surface area (Å²) in [5.74, 6) is 1.06. The number of nitrogens with zero attached hydrogens (tertiary/aromatic N) is 2. The lowest BCUT2D eigenvalue weighted by Gasteiger charge is -2.23. The minimum Gasteiger partial charge on any atom is -0.477 e. The van der Waals surface area contributed by atoms with Crippen LogP contribution in [-0.4, -0.2) is 34.1 Å². The van der Waals surface area contributed by atoms with Gasteiger partial charge in [-0.25, -0.2) is 4.68 Å². The summed E-state index contributed by atoms with van der Waals surface area (Å²) in [6.45, 7) is 12.4. The lowest BCUT2D eigenvalue weighted by atomic mass is 10.0.